The summed E-state index contributed by atoms with van der Waals surface area (Å²) in [5.41, 5.74) is 2.49. The zero-order valence-electron chi connectivity index (χ0n) is 14.9. The molecule has 7 heteroatoms. The second-order valence-corrected chi connectivity index (χ2v) is 6.01. The Kier molecular flexibility index (Phi) is 5.71. The molecule has 0 atom stereocenters. The van der Waals surface area contributed by atoms with E-state index in [1.165, 1.54) is 19.2 Å². The number of benzene rings is 2. The van der Waals surface area contributed by atoms with Gasteiger partial charge in [-0.05, 0) is 36.2 Å². The molecule has 0 aliphatic heterocycles. The molecule has 0 saturated heterocycles. The fourth-order valence-electron chi connectivity index (χ4n) is 2.76. The summed E-state index contributed by atoms with van der Waals surface area (Å²) in [4.78, 5) is 27.4. The number of rotatable bonds is 8. The van der Waals surface area contributed by atoms with Crippen LogP contribution in [-0.2, 0) is 17.6 Å². The van der Waals surface area contributed by atoms with Crippen molar-refractivity contribution in [2.24, 2.45) is 0 Å². The molecule has 0 bridgehead atoms. The van der Waals surface area contributed by atoms with Crippen LogP contribution in [0.1, 0.15) is 28.2 Å². The molecule has 0 aliphatic carbocycles. The van der Waals surface area contributed by atoms with Crippen LogP contribution in [0.5, 0.6) is 5.75 Å². The van der Waals surface area contributed by atoms with Gasteiger partial charge in [-0.3, -0.25) is 4.79 Å². The maximum atomic E-state index is 12.0. The van der Waals surface area contributed by atoms with Crippen LogP contribution in [0.4, 0.5) is 0 Å². The van der Waals surface area contributed by atoms with Crippen LogP contribution >= 0.6 is 0 Å². The average molecular weight is 368 g/mol. The summed E-state index contributed by atoms with van der Waals surface area (Å²) in [6, 6.07) is 12.2. The van der Waals surface area contributed by atoms with Gasteiger partial charge in [0.05, 0.1) is 12.7 Å². The van der Waals surface area contributed by atoms with Gasteiger partial charge in [-0.25, -0.2) is 9.78 Å². The second-order valence-electron chi connectivity index (χ2n) is 6.01. The molecule has 0 unspecified atom stereocenters. The van der Waals surface area contributed by atoms with Crippen LogP contribution in [0.2, 0.25) is 0 Å². The number of hydrogen-bond acceptors (Lipinski definition) is 5. The highest BCUT2D eigenvalue weighted by Crippen LogP contribution is 2.20. The number of aryl methyl sites for hydroxylation is 1. The van der Waals surface area contributed by atoms with E-state index in [0.29, 0.717) is 36.6 Å². The number of hydrogen-bond donors (Lipinski definition) is 2. The summed E-state index contributed by atoms with van der Waals surface area (Å²) < 4.78 is 10.8. The summed E-state index contributed by atoms with van der Waals surface area (Å²) in [7, 11) is 1.49. The minimum absolute atomic E-state index is 0.0987. The fraction of sp³-hybridized carbons (Fsp3) is 0.250. The number of carboxylic acids is 1. The molecule has 140 valence electrons. The SMILES string of the molecule is COc1cc(C(=O)O)ccc1CCNC(=O)CCc1nc2ccccc2o1. The molecule has 2 aromatic carbocycles. The number of methoxy groups -OCH3 is 1. The summed E-state index contributed by atoms with van der Waals surface area (Å²) >= 11 is 0. The number of para-hydroxylation sites is 2. The Morgan fingerprint density at radius 1 is 1.19 bits per heavy atom. The number of oxazole rings is 1. The summed E-state index contributed by atoms with van der Waals surface area (Å²) in [5.74, 6) is -0.0707. The van der Waals surface area contributed by atoms with E-state index in [0.717, 1.165) is 11.1 Å². The van der Waals surface area contributed by atoms with Crippen LogP contribution in [0.15, 0.2) is 46.9 Å². The smallest absolute Gasteiger partial charge is 0.335 e. The first-order chi connectivity index (χ1) is 13.1. The molecule has 0 fully saturated rings. The number of nitrogens with zero attached hydrogens (tertiary/aromatic N) is 1. The van der Waals surface area contributed by atoms with Crippen molar-refractivity contribution < 1.29 is 23.8 Å². The number of carboxylic acid groups (broad SMARTS) is 1. The van der Waals surface area contributed by atoms with Gasteiger partial charge in [-0.1, -0.05) is 18.2 Å². The van der Waals surface area contributed by atoms with E-state index >= 15 is 0 Å². The van der Waals surface area contributed by atoms with Gasteiger partial charge in [0.25, 0.3) is 0 Å². The first-order valence-corrected chi connectivity index (χ1v) is 8.58. The number of carbonyl (C=O) groups is 2. The highest BCUT2D eigenvalue weighted by Gasteiger charge is 2.11. The lowest BCUT2D eigenvalue weighted by molar-refractivity contribution is -0.121. The predicted molar refractivity (Wildman–Crippen MR) is 99.0 cm³/mol. The number of ether oxygens (including phenoxy) is 1. The molecule has 0 saturated carbocycles. The van der Waals surface area contributed by atoms with E-state index in [1.54, 1.807) is 6.07 Å². The van der Waals surface area contributed by atoms with Gasteiger partial charge in [0.2, 0.25) is 5.91 Å². The monoisotopic (exact) mass is 368 g/mol. The highest BCUT2D eigenvalue weighted by molar-refractivity contribution is 5.88. The van der Waals surface area contributed by atoms with Gasteiger partial charge in [0.1, 0.15) is 11.3 Å². The molecule has 0 spiro atoms. The standard InChI is InChI=1S/C20H20N2O5/c1-26-17-12-14(20(24)25)7-6-13(17)10-11-21-18(23)8-9-19-22-15-4-2-3-5-16(15)27-19/h2-7,12H,8-11H2,1H3,(H,21,23)(H,24,25). The zero-order chi connectivity index (χ0) is 19.2. The highest BCUT2D eigenvalue weighted by atomic mass is 16.5. The molecule has 7 nitrogen and oxygen atoms in total. The van der Waals surface area contributed by atoms with Crippen LogP contribution in [0.25, 0.3) is 11.1 Å². The van der Waals surface area contributed by atoms with Crippen molar-refractivity contribution in [1.82, 2.24) is 10.3 Å². The molecule has 1 amide bonds. The summed E-state index contributed by atoms with van der Waals surface area (Å²) in [6.07, 6.45) is 1.25. The molecule has 3 aromatic rings. The quantitative estimate of drug-likeness (QED) is 0.634. The first-order valence-electron chi connectivity index (χ1n) is 8.58. The molecule has 27 heavy (non-hydrogen) atoms. The topological polar surface area (TPSA) is 102 Å². The van der Waals surface area contributed by atoms with Crippen molar-refractivity contribution in [1.29, 1.82) is 0 Å². The van der Waals surface area contributed by atoms with E-state index in [1.807, 2.05) is 24.3 Å². The van der Waals surface area contributed by atoms with E-state index in [4.69, 9.17) is 14.3 Å². The Morgan fingerprint density at radius 3 is 2.74 bits per heavy atom. The average Bonchev–Trinajstić information content (AvgIpc) is 3.09. The molecular formula is C20H20N2O5. The number of aromatic carboxylic acids is 1. The third-order valence-corrected chi connectivity index (χ3v) is 4.15. The van der Waals surface area contributed by atoms with Crippen LogP contribution < -0.4 is 10.1 Å². The Morgan fingerprint density at radius 2 is 2.00 bits per heavy atom. The van der Waals surface area contributed by atoms with Crippen molar-refractivity contribution >= 4 is 23.0 Å². The third-order valence-electron chi connectivity index (χ3n) is 4.15. The zero-order valence-corrected chi connectivity index (χ0v) is 14.9. The van der Waals surface area contributed by atoms with E-state index in [-0.39, 0.29) is 17.9 Å². The molecule has 0 aliphatic rings. The Labute approximate surface area is 156 Å². The number of fused-ring (bicyclic) bond motifs is 1. The molecule has 0 radical (unpaired) electrons. The number of aromatic nitrogens is 1. The van der Waals surface area contributed by atoms with E-state index in [2.05, 4.69) is 10.3 Å². The van der Waals surface area contributed by atoms with Crippen molar-refractivity contribution in [3.05, 3.63) is 59.5 Å². The van der Waals surface area contributed by atoms with Gasteiger partial charge in [0, 0.05) is 19.4 Å². The van der Waals surface area contributed by atoms with Crippen molar-refractivity contribution in [2.75, 3.05) is 13.7 Å². The van der Waals surface area contributed by atoms with Crippen molar-refractivity contribution in [3.8, 4) is 5.75 Å². The minimum Gasteiger partial charge on any atom is -0.496 e. The largest absolute Gasteiger partial charge is 0.496 e. The van der Waals surface area contributed by atoms with Crippen LogP contribution in [0.3, 0.4) is 0 Å². The predicted octanol–water partition coefficient (Wildman–Crippen LogP) is 2.83. The lowest BCUT2D eigenvalue weighted by Gasteiger charge is -2.10. The van der Waals surface area contributed by atoms with E-state index < -0.39 is 5.97 Å². The molecular weight excluding hydrogens is 348 g/mol. The lowest BCUT2D eigenvalue weighted by Crippen LogP contribution is -2.26. The fourth-order valence-corrected chi connectivity index (χ4v) is 2.76. The Balaban J connectivity index is 1.48. The van der Waals surface area contributed by atoms with Gasteiger partial charge in [0.15, 0.2) is 11.5 Å². The van der Waals surface area contributed by atoms with Crippen molar-refractivity contribution in [2.45, 2.75) is 19.3 Å². The van der Waals surface area contributed by atoms with Gasteiger partial charge in [-0.2, -0.15) is 0 Å². The summed E-state index contributed by atoms with van der Waals surface area (Å²) in [5, 5.41) is 11.9. The van der Waals surface area contributed by atoms with Crippen molar-refractivity contribution in [3.63, 3.8) is 0 Å². The third kappa shape index (κ3) is 4.63. The number of carbonyl (C=O) groups excluding carboxylic acids is 1. The maximum Gasteiger partial charge on any atom is 0.335 e. The second kappa shape index (κ2) is 8.35. The van der Waals surface area contributed by atoms with Gasteiger partial charge in [-0.15, -0.1) is 0 Å². The van der Waals surface area contributed by atoms with Gasteiger partial charge < -0.3 is 19.6 Å². The molecule has 3 rings (SSSR count). The first kappa shape index (κ1) is 18.4. The minimum atomic E-state index is -1.01. The summed E-state index contributed by atoms with van der Waals surface area (Å²) in [6.45, 7) is 0.426. The van der Waals surface area contributed by atoms with E-state index in [9.17, 15) is 9.59 Å². The number of amides is 1. The number of nitrogens with one attached hydrogen (secondary N) is 1. The Bertz CT molecular complexity index is 931. The Hall–Kier alpha value is -3.35. The van der Waals surface area contributed by atoms with Gasteiger partial charge >= 0.3 is 5.97 Å². The lowest BCUT2D eigenvalue weighted by atomic mass is 10.1. The molecule has 2 N–H and O–H groups in total. The molecule has 1 heterocycles. The maximum absolute atomic E-state index is 12.0. The van der Waals surface area contributed by atoms with Crippen LogP contribution in [0, 0.1) is 0 Å². The molecule has 1 aromatic heterocycles. The normalized spacial score (nSPS) is 10.7. The van der Waals surface area contributed by atoms with Crippen LogP contribution in [-0.4, -0.2) is 35.6 Å².